The lowest BCUT2D eigenvalue weighted by molar-refractivity contribution is 0.0413. The highest BCUT2D eigenvalue weighted by atomic mass is 16.5. The molecular weight excluding hydrogens is 214 g/mol. The molecule has 0 aromatic heterocycles. The van der Waals surface area contributed by atoms with E-state index >= 15 is 0 Å². The Morgan fingerprint density at radius 1 is 1.41 bits per heavy atom. The van der Waals surface area contributed by atoms with Gasteiger partial charge in [0.25, 0.3) is 0 Å². The summed E-state index contributed by atoms with van der Waals surface area (Å²) in [5.74, 6) is 1.24. The number of methoxy groups -OCH3 is 1. The Hall–Kier alpha value is -1.06. The van der Waals surface area contributed by atoms with Gasteiger partial charge in [-0.15, -0.1) is 0 Å². The van der Waals surface area contributed by atoms with E-state index in [0.717, 1.165) is 29.7 Å². The third-order valence-electron chi connectivity index (χ3n) is 3.80. The number of hydrogen-bond donors (Lipinski definition) is 2. The molecule has 3 nitrogen and oxygen atoms in total. The highest BCUT2D eigenvalue weighted by Gasteiger charge is 2.30. The fourth-order valence-electron chi connectivity index (χ4n) is 2.38. The minimum absolute atomic E-state index is 0.287. The summed E-state index contributed by atoms with van der Waals surface area (Å²) in [6.07, 6.45) is 3.00. The molecule has 1 aromatic carbocycles. The first-order valence-electron chi connectivity index (χ1n) is 6.21. The number of nitrogens with two attached hydrogens (primary N) is 1. The van der Waals surface area contributed by atoms with E-state index in [0.29, 0.717) is 5.92 Å². The molecule has 0 unspecified atom stereocenters. The van der Waals surface area contributed by atoms with Gasteiger partial charge in [-0.25, -0.2) is 0 Å². The molecule has 1 aromatic rings. The lowest BCUT2D eigenvalue weighted by Gasteiger charge is -2.34. The lowest BCUT2D eigenvalue weighted by atomic mass is 9.77. The van der Waals surface area contributed by atoms with Crippen LogP contribution < -0.4 is 10.5 Å². The van der Waals surface area contributed by atoms with Crippen LogP contribution in [0.5, 0.6) is 5.75 Å². The third-order valence-corrected chi connectivity index (χ3v) is 3.80. The molecular formula is C14H21NO2. The maximum absolute atomic E-state index is 10.2. The van der Waals surface area contributed by atoms with Crippen molar-refractivity contribution in [1.29, 1.82) is 0 Å². The fraction of sp³-hybridized carbons (Fsp3) is 0.571. The van der Waals surface area contributed by atoms with Crippen molar-refractivity contribution in [3.05, 3.63) is 29.3 Å². The van der Waals surface area contributed by atoms with Gasteiger partial charge >= 0.3 is 0 Å². The quantitative estimate of drug-likeness (QED) is 0.841. The first-order valence-corrected chi connectivity index (χ1v) is 6.21. The van der Waals surface area contributed by atoms with Crippen molar-refractivity contribution in [3.8, 4) is 5.75 Å². The normalized spacial score (nSPS) is 19.5. The number of rotatable bonds is 4. The number of aryl methyl sites for hydroxylation is 1. The summed E-state index contributed by atoms with van der Waals surface area (Å²) in [7, 11) is 1.66. The molecule has 0 saturated heterocycles. The minimum atomic E-state index is -0.420. The van der Waals surface area contributed by atoms with E-state index in [1.165, 1.54) is 6.42 Å². The van der Waals surface area contributed by atoms with Crippen molar-refractivity contribution in [3.63, 3.8) is 0 Å². The molecule has 1 aliphatic carbocycles. The van der Waals surface area contributed by atoms with Gasteiger partial charge in [-0.2, -0.15) is 0 Å². The molecule has 2 atom stereocenters. The maximum atomic E-state index is 10.2. The summed E-state index contributed by atoms with van der Waals surface area (Å²) in [5.41, 5.74) is 8.16. The monoisotopic (exact) mass is 235 g/mol. The van der Waals surface area contributed by atoms with Crippen LogP contribution in [0.3, 0.4) is 0 Å². The molecule has 1 aliphatic rings. The molecule has 0 heterocycles. The van der Waals surface area contributed by atoms with Gasteiger partial charge in [-0.3, -0.25) is 0 Å². The van der Waals surface area contributed by atoms with Gasteiger partial charge in [0.05, 0.1) is 19.3 Å². The summed E-state index contributed by atoms with van der Waals surface area (Å²) in [5, 5.41) is 10.2. The standard InChI is InChI=1S/C14H21NO2/c1-9-8-11(6-7-12(9)17-2)13(15)14(16)10-4-3-5-10/h6-8,10,13-14,16H,3-5,15H2,1-2H3/t13-,14+/m1/s1. The van der Waals surface area contributed by atoms with Crippen LogP contribution in [-0.2, 0) is 0 Å². The molecule has 94 valence electrons. The van der Waals surface area contributed by atoms with Crippen molar-refractivity contribution in [2.45, 2.75) is 38.3 Å². The van der Waals surface area contributed by atoms with Crippen molar-refractivity contribution < 1.29 is 9.84 Å². The largest absolute Gasteiger partial charge is 0.496 e. The van der Waals surface area contributed by atoms with E-state index in [1.54, 1.807) is 7.11 Å². The van der Waals surface area contributed by atoms with Gasteiger partial charge in [0.15, 0.2) is 0 Å². The number of hydrogen-bond acceptors (Lipinski definition) is 3. The van der Waals surface area contributed by atoms with Crippen LogP contribution in [0.1, 0.15) is 36.4 Å². The Morgan fingerprint density at radius 2 is 2.12 bits per heavy atom. The molecule has 2 rings (SSSR count). The van der Waals surface area contributed by atoms with Gasteiger partial charge in [0, 0.05) is 0 Å². The Bertz CT molecular complexity index is 388. The van der Waals surface area contributed by atoms with E-state index in [4.69, 9.17) is 10.5 Å². The van der Waals surface area contributed by atoms with Crippen LogP contribution in [0.25, 0.3) is 0 Å². The first-order chi connectivity index (χ1) is 8.13. The van der Waals surface area contributed by atoms with Crippen LogP contribution in [0, 0.1) is 12.8 Å². The van der Waals surface area contributed by atoms with Crippen LogP contribution in [0.4, 0.5) is 0 Å². The number of ether oxygens (including phenoxy) is 1. The Balaban J connectivity index is 2.12. The van der Waals surface area contributed by atoms with E-state index in [9.17, 15) is 5.11 Å². The van der Waals surface area contributed by atoms with Gasteiger partial charge in [0.1, 0.15) is 5.75 Å². The molecule has 0 bridgehead atoms. The van der Waals surface area contributed by atoms with Gasteiger partial charge in [0.2, 0.25) is 0 Å². The molecule has 3 heteroatoms. The second-order valence-corrected chi connectivity index (χ2v) is 4.94. The zero-order valence-corrected chi connectivity index (χ0v) is 10.5. The molecule has 17 heavy (non-hydrogen) atoms. The summed E-state index contributed by atoms with van der Waals surface area (Å²) >= 11 is 0. The molecule has 1 saturated carbocycles. The van der Waals surface area contributed by atoms with Crippen molar-refractivity contribution in [2.24, 2.45) is 11.7 Å². The van der Waals surface area contributed by atoms with E-state index in [1.807, 2.05) is 25.1 Å². The summed E-state index contributed by atoms with van der Waals surface area (Å²) in [6.45, 7) is 1.99. The van der Waals surface area contributed by atoms with Gasteiger partial charge in [-0.05, 0) is 42.9 Å². The fourth-order valence-corrected chi connectivity index (χ4v) is 2.38. The van der Waals surface area contributed by atoms with Crippen molar-refractivity contribution in [2.75, 3.05) is 7.11 Å². The minimum Gasteiger partial charge on any atom is -0.496 e. The van der Waals surface area contributed by atoms with E-state index in [2.05, 4.69) is 0 Å². The van der Waals surface area contributed by atoms with Crippen LogP contribution >= 0.6 is 0 Å². The average molecular weight is 235 g/mol. The zero-order chi connectivity index (χ0) is 12.4. The molecule has 0 spiro atoms. The highest BCUT2D eigenvalue weighted by Crippen LogP contribution is 2.34. The smallest absolute Gasteiger partial charge is 0.121 e. The summed E-state index contributed by atoms with van der Waals surface area (Å²) in [6, 6.07) is 5.58. The topological polar surface area (TPSA) is 55.5 Å². The summed E-state index contributed by atoms with van der Waals surface area (Å²) in [4.78, 5) is 0. The van der Waals surface area contributed by atoms with E-state index in [-0.39, 0.29) is 6.04 Å². The van der Waals surface area contributed by atoms with Crippen LogP contribution in [-0.4, -0.2) is 18.3 Å². The third kappa shape index (κ3) is 2.45. The lowest BCUT2D eigenvalue weighted by Crippen LogP contribution is -2.36. The Morgan fingerprint density at radius 3 is 2.59 bits per heavy atom. The van der Waals surface area contributed by atoms with Crippen molar-refractivity contribution >= 4 is 0 Å². The molecule has 0 radical (unpaired) electrons. The molecule has 0 amide bonds. The Kier molecular flexibility index (Phi) is 3.69. The summed E-state index contributed by atoms with van der Waals surface area (Å²) < 4.78 is 5.22. The average Bonchev–Trinajstić information content (AvgIpc) is 2.25. The predicted octanol–water partition coefficient (Wildman–Crippen LogP) is 2.16. The predicted molar refractivity (Wildman–Crippen MR) is 68.0 cm³/mol. The van der Waals surface area contributed by atoms with Crippen LogP contribution in [0.2, 0.25) is 0 Å². The molecule has 1 fully saturated rings. The molecule has 3 N–H and O–H groups in total. The Labute approximate surface area is 103 Å². The zero-order valence-electron chi connectivity index (χ0n) is 10.5. The maximum Gasteiger partial charge on any atom is 0.121 e. The van der Waals surface area contributed by atoms with Gasteiger partial charge < -0.3 is 15.6 Å². The SMILES string of the molecule is COc1ccc([C@@H](N)[C@@H](O)C2CCC2)cc1C. The second-order valence-electron chi connectivity index (χ2n) is 4.94. The first kappa shape index (κ1) is 12.4. The molecule has 0 aliphatic heterocycles. The number of aliphatic hydroxyl groups is 1. The number of benzene rings is 1. The number of aliphatic hydroxyl groups excluding tert-OH is 1. The highest BCUT2D eigenvalue weighted by molar-refractivity contribution is 5.37. The second kappa shape index (κ2) is 5.07. The van der Waals surface area contributed by atoms with Gasteiger partial charge in [-0.1, -0.05) is 18.6 Å². The van der Waals surface area contributed by atoms with Crippen LogP contribution in [0.15, 0.2) is 18.2 Å². The van der Waals surface area contributed by atoms with Crippen molar-refractivity contribution in [1.82, 2.24) is 0 Å². The van der Waals surface area contributed by atoms with E-state index < -0.39 is 6.10 Å².